The summed E-state index contributed by atoms with van der Waals surface area (Å²) in [7, 11) is 4.22. The van der Waals surface area contributed by atoms with Crippen molar-refractivity contribution in [1.29, 1.82) is 0 Å². The van der Waals surface area contributed by atoms with Gasteiger partial charge < -0.3 is 10.0 Å². The zero-order chi connectivity index (χ0) is 9.35. The first-order valence-corrected chi connectivity index (χ1v) is 4.81. The lowest BCUT2D eigenvalue weighted by Crippen LogP contribution is -2.42. The van der Waals surface area contributed by atoms with Crippen LogP contribution in [0.5, 0.6) is 0 Å². The van der Waals surface area contributed by atoms with Crippen LogP contribution in [-0.2, 0) is 0 Å². The van der Waals surface area contributed by atoms with Crippen molar-refractivity contribution >= 4 is 0 Å². The van der Waals surface area contributed by atoms with Gasteiger partial charge in [0.05, 0.1) is 6.61 Å². The fourth-order valence-corrected chi connectivity index (χ4v) is 2.56. The normalized spacial score (nSPS) is 23.2. The van der Waals surface area contributed by atoms with Crippen LogP contribution in [0, 0.1) is 11.3 Å². The van der Waals surface area contributed by atoms with Crippen LogP contribution in [0.15, 0.2) is 0 Å². The predicted molar refractivity (Wildman–Crippen MR) is 51.1 cm³/mol. The lowest BCUT2D eigenvalue weighted by atomic mass is 9.87. The van der Waals surface area contributed by atoms with E-state index in [9.17, 15) is 5.11 Å². The van der Waals surface area contributed by atoms with Crippen molar-refractivity contribution in [3.63, 3.8) is 0 Å². The van der Waals surface area contributed by atoms with Crippen LogP contribution >= 0.6 is 0 Å². The predicted octanol–water partition coefficient (Wildman–Crippen LogP) is 1.35. The first-order chi connectivity index (χ1) is 5.53. The Morgan fingerprint density at radius 3 is 1.92 bits per heavy atom. The summed E-state index contributed by atoms with van der Waals surface area (Å²) in [6.45, 7) is 4.83. The van der Waals surface area contributed by atoms with E-state index in [1.165, 1.54) is 12.8 Å². The van der Waals surface area contributed by atoms with E-state index in [-0.39, 0.29) is 5.41 Å². The van der Waals surface area contributed by atoms with E-state index in [0.29, 0.717) is 18.6 Å². The summed E-state index contributed by atoms with van der Waals surface area (Å²) in [5, 5.41) is 9.30. The van der Waals surface area contributed by atoms with E-state index in [1.807, 2.05) is 0 Å². The molecule has 1 N–H and O–H groups in total. The third-order valence-corrected chi connectivity index (χ3v) is 3.02. The molecule has 2 heteroatoms. The Hall–Kier alpha value is -0.0800. The molecule has 1 rings (SSSR count). The Kier molecular flexibility index (Phi) is 2.79. The SMILES string of the molecule is CC(C)C(N(C)C)C1(CO)CC1. The summed E-state index contributed by atoms with van der Waals surface area (Å²) in [4.78, 5) is 2.26. The minimum Gasteiger partial charge on any atom is -0.396 e. The van der Waals surface area contributed by atoms with E-state index in [0.717, 1.165) is 0 Å². The number of hydrogen-bond donors (Lipinski definition) is 1. The average molecular weight is 171 g/mol. The molecule has 0 saturated heterocycles. The second-order valence-corrected chi connectivity index (χ2v) is 4.67. The number of nitrogens with zero attached hydrogens (tertiary/aromatic N) is 1. The van der Waals surface area contributed by atoms with Crippen molar-refractivity contribution in [2.24, 2.45) is 11.3 Å². The third-order valence-electron chi connectivity index (χ3n) is 3.02. The first-order valence-electron chi connectivity index (χ1n) is 4.81. The van der Waals surface area contributed by atoms with Crippen LogP contribution in [0.3, 0.4) is 0 Å². The van der Waals surface area contributed by atoms with E-state index in [4.69, 9.17) is 0 Å². The van der Waals surface area contributed by atoms with E-state index in [2.05, 4.69) is 32.8 Å². The highest BCUT2D eigenvalue weighted by molar-refractivity contribution is 5.02. The molecule has 0 bridgehead atoms. The van der Waals surface area contributed by atoms with Crippen molar-refractivity contribution in [2.45, 2.75) is 32.7 Å². The first kappa shape index (κ1) is 10.0. The van der Waals surface area contributed by atoms with E-state index in [1.54, 1.807) is 0 Å². The van der Waals surface area contributed by atoms with Gasteiger partial charge >= 0.3 is 0 Å². The largest absolute Gasteiger partial charge is 0.396 e. The molecule has 1 saturated carbocycles. The molecule has 0 amide bonds. The molecule has 0 heterocycles. The molecule has 0 spiro atoms. The maximum atomic E-state index is 9.30. The monoisotopic (exact) mass is 171 g/mol. The lowest BCUT2D eigenvalue weighted by molar-refractivity contribution is 0.0851. The number of hydrogen-bond acceptors (Lipinski definition) is 2. The van der Waals surface area contributed by atoms with Crippen LogP contribution < -0.4 is 0 Å². The highest BCUT2D eigenvalue weighted by Gasteiger charge is 2.50. The molecule has 0 radical (unpaired) electrons. The average Bonchev–Trinajstić information content (AvgIpc) is 2.68. The zero-order valence-electron chi connectivity index (χ0n) is 8.67. The quantitative estimate of drug-likeness (QED) is 0.690. The van der Waals surface area contributed by atoms with Gasteiger partial charge in [0.2, 0.25) is 0 Å². The Morgan fingerprint density at radius 1 is 1.33 bits per heavy atom. The summed E-state index contributed by atoms with van der Waals surface area (Å²) in [5.74, 6) is 0.634. The molecule has 0 aromatic rings. The summed E-state index contributed by atoms with van der Waals surface area (Å²) >= 11 is 0. The molecule has 1 unspecified atom stereocenters. The fourth-order valence-electron chi connectivity index (χ4n) is 2.56. The molecule has 0 aliphatic heterocycles. The van der Waals surface area contributed by atoms with Crippen LogP contribution in [0.1, 0.15) is 26.7 Å². The lowest BCUT2D eigenvalue weighted by Gasteiger charge is -2.34. The summed E-state index contributed by atoms with van der Waals surface area (Å²) < 4.78 is 0. The van der Waals surface area contributed by atoms with Crippen LogP contribution in [-0.4, -0.2) is 36.8 Å². The minimum atomic E-state index is 0.234. The third kappa shape index (κ3) is 1.64. The van der Waals surface area contributed by atoms with E-state index < -0.39 is 0 Å². The van der Waals surface area contributed by atoms with Gasteiger partial charge in [-0.2, -0.15) is 0 Å². The van der Waals surface area contributed by atoms with Crippen molar-refractivity contribution in [3.8, 4) is 0 Å². The number of rotatable bonds is 4. The van der Waals surface area contributed by atoms with Gasteiger partial charge in [0.15, 0.2) is 0 Å². The Labute approximate surface area is 75.6 Å². The summed E-state index contributed by atoms with van der Waals surface area (Å²) in [5.41, 5.74) is 0.234. The molecule has 12 heavy (non-hydrogen) atoms. The molecule has 1 fully saturated rings. The van der Waals surface area contributed by atoms with Crippen molar-refractivity contribution < 1.29 is 5.11 Å². The molecule has 1 atom stereocenters. The van der Waals surface area contributed by atoms with Gasteiger partial charge in [-0.25, -0.2) is 0 Å². The molecule has 72 valence electrons. The van der Waals surface area contributed by atoms with Crippen LogP contribution in [0.2, 0.25) is 0 Å². The van der Waals surface area contributed by atoms with Crippen LogP contribution in [0.4, 0.5) is 0 Å². The van der Waals surface area contributed by atoms with Gasteiger partial charge in [0, 0.05) is 11.5 Å². The maximum Gasteiger partial charge on any atom is 0.0502 e. The summed E-state index contributed by atoms with van der Waals surface area (Å²) in [6.07, 6.45) is 2.40. The second kappa shape index (κ2) is 3.35. The van der Waals surface area contributed by atoms with Crippen molar-refractivity contribution in [3.05, 3.63) is 0 Å². The van der Waals surface area contributed by atoms with E-state index >= 15 is 0 Å². The standard InChI is InChI=1S/C10H21NO/c1-8(2)9(11(3)4)10(7-12)5-6-10/h8-9,12H,5-7H2,1-4H3. The maximum absolute atomic E-state index is 9.30. The molecular formula is C10H21NO. The molecule has 0 aromatic carbocycles. The van der Waals surface area contributed by atoms with Gasteiger partial charge in [-0.3, -0.25) is 0 Å². The van der Waals surface area contributed by atoms with Gasteiger partial charge in [-0.15, -0.1) is 0 Å². The molecule has 1 aliphatic rings. The molecule has 0 aromatic heterocycles. The smallest absolute Gasteiger partial charge is 0.0502 e. The Balaban J connectivity index is 2.66. The van der Waals surface area contributed by atoms with Crippen LogP contribution in [0.25, 0.3) is 0 Å². The second-order valence-electron chi connectivity index (χ2n) is 4.67. The van der Waals surface area contributed by atoms with Gasteiger partial charge in [-0.05, 0) is 32.9 Å². The zero-order valence-corrected chi connectivity index (χ0v) is 8.67. The molecule has 2 nitrogen and oxygen atoms in total. The number of aliphatic hydroxyl groups is 1. The Bertz CT molecular complexity index is 142. The van der Waals surface area contributed by atoms with Crippen molar-refractivity contribution in [1.82, 2.24) is 4.90 Å². The highest BCUT2D eigenvalue weighted by Crippen LogP contribution is 2.51. The van der Waals surface area contributed by atoms with Gasteiger partial charge in [-0.1, -0.05) is 13.8 Å². The summed E-state index contributed by atoms with van der Waals surface area (Å²) in [6, 6.07) is 0.544. The Morgan fingerprint density at radius 2 is 1.83 bits per heavy atom. The highest BCUT2D eigenvalue weighted by atomic mass is 16.3. The molecule has 1 aliphatic carbocycles. The molecular weight excluding hydrogens is 150 g/mol. The minimum absolute atomic E-state index is 0.234. The fraction of sp³-hybridized carbons (Fsp3) is 1.00. The number of aliphatic hydroxyl groups excluding tert-OH is 1. The van der Waals surface area contributed by atoms with Crippen molar-refractivity contribution in [2.75, 3.05) is 20.7 Å². The van der Waals surface area contributed by atoms with Gasteiger partial charge in [0.1, 0.15) is 0 Å². The topological polar surface area (TPSA) is 23.5 Å². The van der Waals surface area contributed by atoms with Gasteiger partial charge in [0.25, 0.3) is 0 Å².